The number of ether oxygens (including phenoxy) is 2. The first kappa shape index (κ1) is 21.6. The molecule has 148 valence electrons. The fourth-order valence-corrected chi connectivity index (χ4v) is 2.84. The summed E-state index contributed by atoms with van der Waals surface area (Å²) in [5.74, 6) is 0.145. The Morgan fingerprint density at radius 1 is 1.08 bits per heavy atom. The van der Waals surface area contributed by atoms with E-state index in [1.165, 1.54) is 0 Å². The number of Topliss-reactive ketones (excluding diaryl/α,β-unsaturated/α-hetero) is 1. The van der Waals surface area contributed by atoms with Gasteiger partial charge in [-0.3, -0.25) is 14.4 Å². The molecule has 0 aromatic heterocycles. The molecule has 0 aliphatic heterocycles. The highest BCUT2D eigenvalue weighted by Gasteiger charge is 2.25. The van der Waals surface area contributed by atoms with Gasteiger partial charge >= 0.3 is 0 Å². The minimum absolute atomic E-state index is 0. The van der Waals surface area contributed by atoms with Crippen molar-refractivity contribution >= 4 is 17.6 Å². The number of nitrogens with one attached hydrogen (secondary N) is 2. The molecule has 1 fully saturated rings. The van der Waals surface area contributed by atoms with E-state index in [1.54, 1.807) is 0 Å². The Balaban J connectivity index is 0. The second kappa shape index (κ2) is 12.0. The maximum absolute atomic E-state index is 11.8. The van der Waals surface area contributed by atoms with Crippen molar-refractivity contribution in [2.45, 2.75) is 65.0 Å². The normalized spacial score (nSPS) is 20.3. The van der Waals surface area contributed by atoms with Gasteiger partial charge in [-0.25, -0.2) is 0 Å². The van der Waals surface area contributed by atoms with E-state index in [-0.39, 0.29) is 52.6 Å². The summed E-state index contributed by atoms with van der Waals surface area (Å²) in [7, 11) is 0. The van der Waals surface area contributed by atoms with Gasteiger partial charge in [-0.15, -0.1) is 0 Å². The lowest BCUT2D eigenvalue weighted by molar-refractivity contribution is -0.127. The van der Waals surface area contributed by atoms with E-state index in [9.17, 15) is 14.4 Å². The van der Waals surface area contributed by atoms with E-state index in [2.05, 4.69) is 10.6 Å². The Morgan fingerprint density at radius 3 is 2.36 bits per heavy atom. The molecule has 0 aromatic carbocycles. The van der Waals surface area contributed by atoms with Gasteiger partial charge in [0.05, 0.1) is 12.7 Å². The molecule has 0 radical (unpaired) electrons. The van der Waals surface area contributed by atoms with Crippen molar-refractivity contribution < 1.29 is 26.7 Å². The number of amides is 2. The Labute approximate surface area is 153 Å². The van der Waals surface area contributed by atoms with Gasteiger partial charge in [0.2, 0.25) is 11.8 Å². The van der Waals surface area contributed by atoms with Gasteiger partial charge in [-0.05, 0) is 39.5 Å². The molecule has 0 spiro atoms. The Morgan fingerprint density at radius 2 is 1.76 bits per heavy atom. The molecule has 1 aliphatic rings. The molecule has 1 aliphatic carbocycles. The first-order chi connectivity index (χ1) is 11.9. The molecule has 7 nitrogen and oxygen atoms in total. The molecule has 0 atom stereocenters. The minimum Gasteiger partial charge on any atom is -0.370 e. The molecule has 0 unspecified atom stereocenters. The van der Waals surface area contributed by atoms with Crippen LogP contribution in [0.1, 0.15) is 55.7 Å². The molecule has 0 aromatic rings. The summed E-state index contributed by atoms with van der Waals surface area (Å²) in [6.45, 7) is 6.25. The van der Waals surface area contributed by atoms with E-state index in [0.717, 1.165) is 25.7 Å². The van der Waals surface area contributed by atoms with Crippen molar-refractivity contribution in [3.05, 3.63) is 0 Å². The Kier molecular flexibility index (Phi) is 10.3. The molecule has 1 rings (SSSR count). The standard InChI is InChI=1S/C18H32N2O5.2H2/c1-4-16(21)14-5-7-15(8-6-14)20-18(23)11-24-10-9-19-17(22)12-25-13(2)3;;/h13-15H,4-12H2,1-3H3,(H,19,22)(H,20,23);2*1H. The van der Waals surface area contributed by atoms with Crippen LogP contribution in [0, 0.1) is 5.92 Å². The van der Waals surface area contributed by atoms with Gasteiger partial charge in [0, 0.05) is 27.8 Å². The summed E-state index contributed by atoms with van der Waals surface area (Å²) in [4.78, 5) is 34.9. The molecule has 0 heterocycles. The predicted octanol–water partition coefficient (Wildman–Crippen LogP) is 1.69. The summed E-state index contributed by atoms with van der Waals surface area (Å²) in [5, 5.41) is 5.61. The van der Waals surface area contributed by atoms with Crippen molar-refractivity contribution in [1.82, 2.24) is 10.6 Å². The number of hydrogen-bond donors (Lipinski definition) is 2. The first-order valence-electron chi connectivity index (χ1n) is 9.20. The topological polar surface area (TPSA) is 93.7 Å². The van der Waals surface area contributed by atoms with Crippen molar-refractivity contribution in [2.24, 2.45) is 5.92 Å². The van der Waals surface area contributed by atoms with E-state index in [4.69, 9.17) is 9.47 Å². The first-order valence-corrected chi connectivity index (χ1v) is 9.20. The quantitative estimate of drug-likeness (QED) is 0.547. The van der Waals surface area contributed by atoms with Crippen LogP contribution >= 0.6 is 0 Å². The van der Waals surface area contributed by atoms with E-state index in [1.807, 2.05) is 20.8 Å². The lowest BCUT2D eigenvalue weighted by Gasteiger charge is -2.28. The van der Waals surface area contributed by atoms with Gasteiger partial charge in [0.1, 0.15) is 19.0 Å². The van der Waals surface area contributed by atoms with Crippen molar-refractivity contribution in [2.75, 3.05) is 26.4 Å². The van der Waals surface area contributed by atoms with E-state index < -0.39 is 0 Å². The lowest BCUT2D eigenvalue weighted by atomic mass is 9.83. The third kappa shape index (κ3) is 9.55. The third-order valence-corrected chi connectivity index (χ3v) is 4.25. The lowest BCUT2D eigenvalue weighted by Crippen LogP contribution is -2.40. The van der Waals surface area contributed by atoms with Crippen LogP contribution in [0.15, 0.2) is 0 Å². The molecule has 0 saturated heterocycles. The number of carbonyl (C=O) groups excluding carboxylic acids is 3. The van der Waals surface area contributed by atoms with Crippen LogP contribution in [-0.2, 0) is 23.9 Å². The van der Waals surface area contributed by atoms with Gasteiger partial charge in [0.15, 0.2) is 0 Å². The van der Waals surface area contributed by atoms with E-state index in [0.29, 0.717) is 18.7 Å². The molecule has 0 bridgehead atoms. The number of carbonyl (C=O) groups is 3. The summed E-state index contributed by atoms with van der Waals surface area (Å²) in [6.07, 6.45) is 3.99. The maximum atomic E-state index is 11.8. The van der Waals surface area contributed by atoms with Crippen LogP contribution in [0.2, 0.25) is 0 Å². The van der Waals surface area contributed by atoms with Gasteiger partial charge in [0.25, 0.3) is 0 Å². The number of ketones is 1. The fourth-order valence-electron chi connectivity index (χ4n) is 2.84. The van der Waals surface area contributed by atoms with Crippen molar-refractivity contribution in [1.29, 1.82) is 0 Å². The summed E-state index contributed by atoms with van der Waals surface area (Å²) in [5.41, 5.74) is 0. The molecule has 2 amide bonds. The van der Waals surface area contributed by atoms with Crippen LogP contribution in [0.3, 0.4) is 0 Å². The monoisotopic (exact) mass is 360 g/mol. The average molecular weight is 360 g/mol. The van der Waals surface area contributed by atoms with Crippen LogP contribution < -0.4 is 10.6 Å². The Bertz CT molecular complexity index is 441. The van der Waals surface area contributed by atoms with Gasteiger partial charge in [-0.2, -0.15) is 0 Å². The van der Waals surface area contributed by atoms with Gasteiger partial charge < -0.3 is 20.1 Å². The molecular weight excluding hydrogens is 324 g/mol. The van der Waals surface area contributed by atoms with Crippen LogP contribution in [0.4, 0.5) is 0 Å². The van der Waals surface area contributed by atoms with Crippen LogP contribution in [-0.4, -0.2) is 56.1 Å². The van der Waals surface area contributed by atoms with Crippen molar-refractivity contribution in [3.8, 4) is 0 Å². The molecule has 2 N–H and O–H groups in total. The second-order valence-corrected chi connectivity index (χ2v) is 6.70. The smallest absolute Gasteiger partial charge is 0.246 e. The summed E-state index contributed by atoms with van der Waals surface area (Å²) >= 11 is 0. The highest BCUT2D eigenvalue weighted by molar-refractivity contribution is 5.81. The number of hydrogen-bond acceptors (Lipinski definition) is 5. The molecule has 1 saturated carbocycles. The minimum atomic E-state index is -0.194. The van der Waals surface area contributed by atoms with E-state index >= 15 is 0 Å². The molecule has 25 heavy (non-hydrogen) atoms. The SMILES string of the molecule is CCC(=O)C1CCC(NC(=O)COCCNC(=O)COC(C)C)CC1.[HH].[HH]. The number of rotatable bonds is 11. The highest BCUT2D eigenvalue weighted by atomic mass is 16.5. The van der Waals surface area contributed by atoms with Gasteiger partial charge in [-0.1, -0.05) is 6.92 Å². The maximum Gasteiger partial charge on any atom is 0.246 e. The fraction of sp³-hybridized carbons (Fsp3) is 0.833. The average Bonchev–Trinajstić information content (AvgIpc) is 2.59. The molecular formula is C18H36N2O5. The summed E-state index contributed by atoms with van der Waals surface area (Å²) < 4.78 is 10.4. The Hall–Kier alpha value is -1.47. The van der Waals surface area contributed by atoms with Crippen LogP contribution in [0.5, 0.6) is 0 Å². The zero-order valence-corrected chi connectivity index (χ0v) is 15.6. The summed E-state index contributed by atoms with van der Waals surface area (Å²) in [6, 6.07) is 0.130. The largest absolute Gasteiger partial charge is 0.370 e. The highest BCUT2D eigenvalue weighted by Crippen LogP contribution is 2.25. The predicted molar refractivity (Wildman–Crippen MR) is 98.3 cm³/mol. The second-order valence-electron chi connectivity index (χ2n) is 6.70. The van der Waals surface area contributed by atoms with Crippen molar-refractivity contribution in [3.63, 3.8) is 0 Å². The molecule has 7 heteroatoms. The zero-order valence-electron chi connectivity index (χ0n) is 15.6. The van der Waals surface area contributed by atoms with Crippen LogP contribution in [0.25, 0.3) is 0 Å². The zero-order chi connectivity index (χ0) is 18.7. The third-order valence-electron chi connectivity index (χ3n) is 4.25.